The van der Waals surface area contributed by atoms with E-state index in [2.05, 4.69) is 0 Å². The summed E-state index contributed by atoms with van der Waals surface area (Å²) < 4.78 is 5.21. The molecule has 0 N–H and O–H groups in total. The molecule has 1 fully saturated rings. The van der Waals surface area contributed by atoms with E-state index >= 15 is 0 Å². The van der Waals surface area contributed by atoms with Crippen molar-refractivity contribution >= 4 is 5.97 Å². The third-order valence-corrected chi connectivity index (χ3v) is 2.05. The van der Waals surface area contributed by atoms with Crippen LogP contribution >= 0.6 is 0 Å². The van der Waals surface area contributed by atoms with Crippen molar-refractivity contribution in [2.24, 2.45) is 0 Å². The number of ether oxygens (including phenoxy) is 1. The lowest BCUT2D eigenvalue weighted by Crippen LogP contribution is -2.13. The van der Waals surface area contributed by atoms with Crippen LogP contribution in [-0.4, -0.2) is 12.1 Å². The van der Waals surface area contributed by atoms with Gasteiger partial charge in [-0.05, 0) is 32.1 Å². The summed E-state index contributed by atoms with van der Waals surface area (Å²) in [5.74, 6) is -0.0144. The van der Waals surface area contributed by atoms with Crippen LogP contribution in [0.3, 0.4) is 0 Å². The molecule has 0 amide bonds. The molecule has 2 heteroatoms. The zero-order valence-corrected chi connectivity index (χ0v) is 9.14. The van der Waals surface area contributed by atoms with E-state index in [0.29, 0.717) is 6.42 Å². The Balaban J connectivity index is 0.000000671. The number of hydrogen-bond donors (Lipinski definition) is 0. The van der Waals surface area contributed by atoms with Crippen LogP contribution in [-0.2, 0) is 9.53 Å². The van der Waals surface area contributed by atoms with Gasteiger partial charge in [0.25, 0.3) is 0 Å². The number of carbonyl (C=O) groups excluding carboxylic acids is 1. The highest BCUT2D eigenvalue weighted by atomic mass is 16.5. The maximum atomic E-state index is 11.0. The minimum absolute atomic E-state index is 0.0144. The summed E-state index contributed by atoms with van der Waals surface area (Å²) in [6, 6.07) is 0. The Morgan fingerprint density at radius 3 is 2.31 bits per heavy atom. The minimum atomic E-state index is -0.0144. The van der Waals surface area contributed by atoms with Gasteiger partial charge in [0, 0.05) is 6.42 Å². The zero-order valence-electron chi connectivity index (χ0n) is 9.14. The molecule has 1 saturated carbocycles. The lowest BCUT2D eigenvalue weighted by molar-refractivity contribution is -0.148. The fraction of sp³-hybridized carbons (Fsp3) is 0.909. The van der Waals surface area contributed by atoms with Gasteiger partial charge in [0.2, 0.25) is 0 Å². The third kappa shape index (κ3) is 5.67. The average molecular weight is 186 g/mol. The van der Waals surface area contributed by atoms with Gasteiger partial charge in [-0.3, -0.25) is 4.79 Å². The van der Waals surface area contributed by atoms with Crippen molar-refractivity contribution in [2.75, 3.05) is 0 Å². The molecular formula is C11H22O2. The number of hydrogen-bond acceptors (Lipinski definition) is 2. The van der Waals surface area contributed by atoms with Crippen LogP contribution in [0.4, 0.5) is 0 Å². The normalized spacial score (nSPS) is 16.2. The van der Waals surface area contributed by atoms with E-state index in [9.17, 15) is 4.79 Å². The highest BCUT2D eigenvalue weighted by molar-refractivity contribution is 5.69. The maximum Gasteiger partial charge on any atom is 0.306 e. The van der Waals surface area contributed by atoms with Crippen LogP contribution in [0.1, 0.15) is 59.3 Å². The molecule has 2 nitrogen and oxygen atoms in total. The summed E-state index contributed by atoms with van der Waals surface area (Å²) in [5, 5.41) is 0. The maximum absolute atomic E-state index is 11.0. The van der Waals surface area contributed by atoms with Crippen LogP contribution in [0, 0.1) is 0 Å². The van der Waals surface area contributed by atoms with E-state index in [1.807, 2.05) is 20.8 Å². The molecule has 0 radical (unpaired) electrons. The molecule has 0 aromatic rings. The van der Waals surface area contributed by atoms with Gasteiger partial charge in [0.05, 0.1) is 0 Å². The van der Waals surface area contributed by atoms with Gasteiger partial charge >= 0.3 is 5.97 Å². The van der Waals surface area contributed by atoms with Crippen LogP contribution < -0.4 is 0 Å². The van der Waals surface area contributed by atoms with E-state index in [4.69, 9.17) is 4.74 Å². The molecule has 13 heavy (non-hydrogen) atoms. The number of carbonyl (C=O) groups is 1. The van der Waals surface area contributed by atoms with Gasteiger partial charge in [-0.25, -0.2) is 0 Å². The van der Waals surface area contributed by atoms with Gasteiger partial charge in [0.1, 0.15) is 6.10 Å². The first-order chi connectivity index (χ1) is 6.33. The first-order valence-electron chi connectivity index (χ1n) is 5.52. The van der Waals surface area contributed by atoms with E-state index in [-0.39, 0.29) is 12.1 Å². The molecule has 0 saturated heterocycles. The third-order valence-electron chi connectivity index (χ3n) is 2.05. The van der Waals surface area contributed by atoms with Crippen molar-refractivity contribution < 1.29 is 9.53 Å². The highest BCUT2D eigenvalue weighted by Gasteiger charge is 2.18. The standard InChI is InChI=1S/C9H16O2.C2H6/c1-2-5-9(10)11-8-6-3-4-7-8;1-2/h8H,2-7H2,1H3;1-2H3. The predicted molar refractivity (Wildman–Crippen MR) is 54.6 cm³/mol. The predicted octanol–water partition coefficient (Wildman–Crippen LogP) is 3.30. The Bertz CT molecular complexity index is 126. The van der Waals surface area contributed by atoms with Crippen molar-refractivity contribution in [3.8, 4) is 0 Å². The number of esters is 1. The summed E-state index contributed by atoms with van der Waals surface area (Å²) in [7, 11) is 0. The van der Waals surface area contributed by atoms with E-state index in [1.54, 1.807) is 0 Å². The monoisotopic (exact) mass is 186 g/mol. The zero-order chi connectivity index (χ0) is 10.1. The fourth-order valence-corrected chi connectivity index (χ4v) is 1.46. The molecule has 0 aromatic carbocycles. The largest absolute Gasteiger partial charge is 0.462 e. The lowest BCUT2D eigenvalue weighted by atomic mass is 10.3. The Hall–Kier alpha value is -0.530. The Kier molecular flexibility index (Phi) is 7.76. The highest BCUT2D eigenvalue weighted by Crippen LogP contribution is 2.21. The fourth-order valence-electron chi connectivity index (χ4n) is 1.46. The summed E-state index contributed by atoms with van der Waals surface area (Å²) >= 11 is 0. The van der Waals surface area contributed by atoms with E-state index in [0.717, 1.165) is 19.3 Å². The van der Waals surface area contributed by atoms with E-state index in [1.165, 1.54) is 12.8 Å². The van der Waals surface area contributed by atoms with Gasteiger partial charge in [-0.2, -0.15) is 0 Å². The summed E-state index contributed by atoms with van der Waals surface area (Å²) in [5.41, 5.74) is 0. The van der Waals surface area contributed by atoms with Crippen molar-refractivity contribution in [1.82, 2.24) is 0 Å². The molecule has 0 aliphatic heterocycles. The van der Waals surface area contributed by atoms with Gasteiger partial charge in [-0.15, -0.1) is 0 Å². The van der Waals surface area contributed by atoms with Crippen molar-refractivity contribution in [3.63, 3.8) is 0 Å². The molecule has 0 atom stereocenters. The molecule has 0 bridgehead atoms. The molecule has 1 aliphatic carbocycles. The first kappa shape index (κ1) is 12.5. The molecule has 0 aromatic heterocycles. The molecule has 1 rings (SSSR count). The quantitative estimate of drug-likeness (QED) is 0.632. The Morgan fingerprint density at radius 1 is 1.31 bits per heavy atom. The van der Waals surface area contributed by atoms with Gasteiger partial charge in [0.15, 0.2) is 0 Å². The molecule has 0 spiro atoms. The number of rotatable bonds is 3. The second-order valence-corrected chi connectivity index (χ2v) is 3.15. The second kappa shape index (κ2) is 8.09. The molecule has 1 aliphatic rings. The Labute approximate surface area is 81.7 Å². The topological polar surface area (TPSA) is 26.3 Å². The molecule has 0 unspecified atom stereocenters. The second-order valence-electron chi connectivity index (χ2n) is 3.15. The smallest absolute Gasteiger partial charge is 0.306 e. The van der Waals surface area contributed by atoms with E-state index < -0.39 is 0 Å². The average Bonchev–Trinajstić information content (AvgIpc) is 2.61. The summed E-state index contributed by atoms with van der Waals surface area (Å²) in [6.07, 6.45) is 6.33. The minimum Gasteiger partial charge on any atom is -0.462 e. The van der Waals surface area contributed by atoms with Gasteiger partial charge < -0.3 is 4.74 Å². The van der Waals surface area contributed by atoms with Crippen LogP contribution in [0.15, 0.2) is 0 Å². The van der Waals surface area contributed by atoms with Crippen molar-refractivity contribution in [3.05, 3.63) is 0 Å². The van der Waals surface area contributed by atoms with Crippen LogP contribution in [0.2, 0.25) is 0 Å². The van der Waals surface area contributed by atoms with Crippen LogP contribution in [0.5, 0.6) is 0 Å². The Morgan fingerprint density at radius 2 is 1.85 bits per heavy atom. The summed E-state index contributed by atoms with van der Waals surface area (Å²) in [6.45, 7) is 6.00. The lowest BCUT2D eigenvalue weighted by Gasteiger charge is -2.09. The SMILES string of the molecule is CC.CCCC(=O)OC1CCCC1. The molecule has 0 heterocycles. The molecular weight excluding hydrogens is 164 g/mol. The van der Waals surface area contributed by atoms with Crippen molar-refractivity contribution in [1.29, 1.82) is 0 Å². The first-order valence-corrected chi connectivity index (χ1v) is 5.52. The van der Waals surface area contributed by atoms with Crippen LogP contribution in [0.25, 0.3) is 0 Å². The van der Waals surface area contributed by atoms with Crippen molar-refractivity contribution in [2.45, 2.75) is 65.4 Å². The summed E-state index contributed by atoms with van der Waals surface area (Å²) in [4.78, 5) is 11.0. The van der Waals surface area contributed by atoms with Gasteiger partial charge in [-0.1, -0.05) is 20.8 Å². The molecule has 78 valence electrons.